The predicted molar refractivity (Wildman–Crippen MR) is 83.8 cm³/mol. The molecule has 3 heteroatoms. The van der Waals surface area contributed by atoms with Crippen LogP contribution in [0.15, 0.2) is 73.1 Å². The number of nitrogens with zero attached hydrogens (tertiary/aromatic N) is 1. The van der Waals surface area contributed by atoms with E-state index in [9.17, 15) is 0 Å². The summed E-state index contributed by atoms with van der Waals surface area (Å²) in [5.41, 5.74) is 10.7. The van der Waals surface area contributed by atoms with E-state index in [0.717, 1.165) is 28.2 Å². The van der Waals surface area contributed by atoms with Crippen LogP contribution >= 0.6 is 0 Å². The van der Waals surface area contributed by atoms with Crippen LogP contribution in [-0.2, 0) is 0 Å². The Kier molecular flexibility index (Phi) is 3.33. The molecule has 0 aliphatic carbocycles. The minimum atomic E-state index is 0.756. The summed E-state index contributed by atoms with van der Waals surface area (Å²) in [6.07, 6.45) is 3.62. The minimum Gasteiger partial charge on any atom is -0.398 e. The molecule has 2 aromatic carbocycles. The average Bonchev–Trinajstić information content (AvgIpc) is 2.49. The topological polar surface area (TPSA) is 50.9 Å². The van der Waals surface area contributed by atoms with Crippen LogP contribution in [-0.4, -0.2) is 4.98 Å². The van der Waals surface area contributed by atoms with Gasteiger partial charge in [0, 0.05) is 28.7 Å². The van der Waals surface area contributed by atoms with Crippen LogP contribution in [0.25, 0.3) is 11.1 Å². The molecule has 20 heavy (non-hydrogen) atoms. The number of hydrogen-bond acceptors (Lipinski definition) is 3. The van der Waals surface area contributed by atoms with E-state index in [1.54, 1.807) is 6.20 Å². The van der Waals surface area contributed by atoms with Gasteiger partial charge in [-0.15, -0.1) is 0 Å². The number of nitrogens with one attached hydrogen (secondary N) is 1. The summed E-state index contributed by atoms with van der Waals surface area (Å²) in [5, 5.41) is 3.33. The maximum atomic E-state index is 6.01. The highest BCUT2D eigenvalue weighted by atomic mass is 14.9. The van der Waals surface area contributed by atoms with Gasteiger partial charge in [-0.2, -0.15) is 0 Å². The first-order valence-electron chi connectivity index (χ1n) is 6.45. The zero-order chi connectivity index (χ0) is 13.8. The van der Waals surface area contributed by atoms with Gasteiger partial charge < -0.3 is 11.1 Å². The number of nitrogen functional groups attached to an aromatic ring is 1. The number of rotatable bonds is 3. The van der Waals surface area contributed by atoms with Crippen LogP contribution in [0.5, 0.6) is 0 Å². The molecule has 3 nitrogen and oxygen atoms in total. The first-order valence-corrected chi connectivity index (χ1v) is 6.45. The third kappa shape index (κ3) is 2.62. The molecule has 0 saturated carbocycles. The number of nitrogens with two attached hydrogens (primary N) is 1. The lowest BCUT2D eigenvalue weighted by molar-refractivity contribution is 1.32. The molecule has 1 heterocycles. The van der Waals surface area contributed by atoms with Gasteiger partial charge in [-0.05, 0) is 24.3 Å². The number of anilines is 3. The van der Waals surface area contributed by atoms with Crippen molar-refractivity contribution in [2.75, 3.05) is 11.1 Å². The smallest absolute Gasteiger partial charge is 0.0576 e. The lowest BCUT2D eigenvalue weighted by Crippen LogP contribution is -1.93. The molecule has 3 N–H and O–H groups in total. The Hall–Kier alpha value is -2.81. The fraction of sp³-hybridized carbons (Fsp3) is 0. The number of aromatic nitrogens is 1. The van der Waals surface area contributed by atoms with Crippen molar-refractivity contribution in [1.82, 2.24) is 4.98 Å². The van der Waals surface area contributed by atoms with E-state index in [1.807, 2.05) is 66.9 Å². The van der Waals surface area contributed by atoms with E-state index in [4.69, 9.17) is 5.73 Å². The second kappa shape index (κ2) is 5.45. The lowest BCUT2D eigenvalue weighted by Gasteiger charge is -2.09. The Bertz CT molecular complexity index is 708. The van der Waals surface area contributed by atoms with Crippen molar-refractivity contribution in [2.45, 2.75) is 0 Å². The number of benzene rings is 2. The van der Waals surface area contributed by atoms with Crippen molar-refractivity contribution in [2.24, 2.45) is 0 Å². The Labute approximate surface area is 118 Å². The van der Waals surface area contributed by atoms with Gasteiger partial charge in [0.15, 0.2) is 0 Å². The Balaban J connectivity index is 1.92. The Morgan fingerprint density at radius 1 is 0.800 bits per heavy atom. The molecular formula is C17H15N3. The highest BCUT2D eigenvalue weighted by Gasteiger charge is 2.03. The van der Waals surface area contributed by atoms with Gasteiger partial charge in [-0.25, -0.2) is 0 Å². The summed E-state index contributed by atoms with van der Waals surface area (Å²) in [5.74, 6) is 0. The first-order chi connectivity index (χ1) is 9.83. The van der Waals surface area contributed by atoms with Crippen molar-refractivity contribution in [3.8, 4) is 11.1 Å². The zero-order valence-corrected chi connectivity index (χ0v) is 11.0. The van der Waals surface area contributed by atoms with Gasteiger partial charge in [0.1, 0.15) is 0 Å². The average molecular weight is 261 g/mol. The molecule has 0 atom stereocenters. The predicted octanol–water partition coefficient (Wildman–Crippen LogP) is 4.07. The van der Waals surface area contributed by atoms with Crippen LogP contribution in [0.3, 0.4) is 0 Å². The molecule has 0 saturated heterocycles. The second-order valence-corrected chi connectivity index (χ2v) is 4.54. The minimum absolute atomic E-state index is 0.756. The van der Waals surface area contributed by atoms with Gasteiger partial charge in [0.2, 0.25) is 0 Å². The van der Waals surface area contributed by atoms with Crippen LogP contribution < -0.4 is 11.1 Å². The summed E-state index contributed by atoms with van der Waals surface area (Å²) in [6, 6.07) is 19.9. The highest BCUT2D eigenvalue weighted by molar-refractivity contribution is 5.78. The quantitative estimate of drug-likeness (QED) is 0.699. The van der Waals surface area contributed by atoms with Gasteiger partial charge in [0.05, 0.1) is 11.9 Å². The molecule has 0 bridgehead atoms. The van der Waals surface area contributed by atoms with Gasteiger partial charge in [-0.3, -0.25) is 4.98 Å². The molecule has 3 rings (SSSR count). The SMILES string of the molecule is Nc1ccccc1-c1cncc(Nc2ccccc2)c1. The molecule has 0 spiro atoms. The molecular weight excluding hydrogens is 246 g/mol. The van der Waals surface area contributed by atoms with Crippen molar-refractivity contribution < 1.29 is 0 Å². The molecule has 0 fully saturated rings. The van der Waals surface area contributed by atoms with E-state index in [-0.39, 0.29) is 0 Å². The largest absolute Gasteiger partial charge is 0.398 e. The van der Waals surface area contributed by atoms with Crippen LogP contribution in [0.1, 0.15) is 0 Å². The van der Waals surface area contributed by atoms with Crippen LogP contribution in [0.2, 0.25) is 0 Å². The summed E-state index contributed by atoms with van der Waals surface area (Å²) >= 11 is 0. The molecule has 98 valence electrons. The standard InChI is InChI=1S/C17H15N3/c18-17-9-5-4-8-16(17)13-10-15(12-19-11-13)20-14-6-2-1-3-7-14/h1-12,20H,18H2. The molecule has 3 aromatic rings. The maximum absolute atomic E-state index is 6.01. The first kappa shape index (κ1) is 12.2. The van der Waals surface area contributed by atoms with Crippen molar-refractivity contribution >= 4 is 17.1 Å². The molecule has 0 aliphatic rings. The van der Waals surface area contributed by atoms with E-state index in [0.29, 0.717) is 0 Å². The van der Waals surface area contributed by atoms with E-state index in [2.05, 4.69) is 10.3 Å². The van der Waals surface area contributed by atoms with Gasteiger partial charge in [-0.1, -0.05) is 36.4 Å². The van der Waals surface area contributed by atoms with E-state index < -0.39 is 0 Å². The summed E-state index contributed by atoms with van der Waals surface area (Å²) in [7, 11) is 0. The fourth-order valence-corrected chi connectivity index (χ4v) is 2.10. The van der Waals surface area contributed by atoms with Gasteiger partial charge in [0.25, 0.3) is 0 Å². The van der Waals surface area contributed by atoms with Crippen molar-refractivity contribution in [1.29, 1.82) is 0 Å². The fourth-order valence-electron chi connectivity index (χ4n) is 2.10. The molecule has 1 aromatic heterocycles. The molecule has 0 unspecified atom stereocenters. The second-order valence-electron chi connectivity index (χ2n) is 4.54. The van der Waals surface area contributed by atoms with E-state index in [1.165, 1.54) is 0 Å². The van der Waals surface area contributed by atoms with Crippen molar-refractivity contribution in [3.63, 3.8) is 0 Å². The normalized spacial score (nSPS) is 10.2. The molecule has 0 aliphatic heterocycles. The molecule has 0 radical (unpaired) electrons. The zero-order valence-electron chi connectivity index (χ0n) is 11.0. The Morgan fingerprint density at radius 3 is 2.35 bits per heavy atom. The monoisotopic (exact) mass is 261 g/mol. The summed E-state index contributed by atoms with van der Waals surface area (Å²) < 4.78 is 0. The molecule has 0 amide bonds. The Morgan fingerprint density at radius 2 is 1.55 bits per heavy atom. The third-order valence-corrected chi connectivity index (χ3v) is 3.07. The van der Waals surface area contributed by atoms with Gasteiger partial charge >= 0.3 is 0 Å². The summed E-state index contributed by atoms with van der Waals surface area (Å²) in [6.45, 7) is 0. The maximum Gasteiger partial charge on any atom is 0.0576 e. The number of pyridine rings is 1. The number of hydrogen-bond donors (Lipinski definition) is 2. The van der Waals surface area contributed by atoms with E-state index >= 15 is 0 Å². The van der Waals surface area contributed by atoms with Crippen LogP contribution in [0.4, 0.5) is 17.1 Å². The third-order valence-electron chi connectivity index (χ3n) is 3.07. The van der Waals surface area contributed by atoms with Crippen LogP contribution in [0, 0.1) is 0 Å². The summed E-state index contributed by atoms with van der Waals surface area (Å²) in [4.78, 5) is 4.28. The highest BCUT2D eigenvalue weighted by Crippen LogP contribution is 2.27. The lowest BCUT2D eigenvalue weighted by atomic mass is 10.1. The number of para-hydroxylation sites is 2. The van der Waals surface area contributed by atoms with Crippen molar-refractivity contribution in [3.05, 3.63) is 73.1 Å².